The molecule has 2 N–H and O–H groups in total. The first kappa shape index (κ1) is 15.7. The molecule has 2 aromatic rings. The number of ether oxygens (including phenoxy) is 1. The van der Waals surface area contributed by atoms with E-state index in [0.29, 0.717) is 0 Å². The Morgan fingerprint density at radius 1 is 1.24 bits per heavy atom. The summed E-state index contributed by atoms with van der Waals surface area (Å²) in [5.41, 5.74) is 1.57. The maximum absolute atomic E-state index is 10.1. The van der Waals surface area contributed by atoms with Gasteiger partial charge in [0.15, 0.2) is 0 Å². The molecule has 6 nitrogen and oxygen atoms in total. The molecule has 0 radical (unpaired) electrons. The Kier molecular flexibility index (Phi) is 4.74. The lowest BCUT2D eigenvalue weighted by Gasteiger charge is -2.30. The van der Waals surface area contributed by atoms with Crippen molar-refractivity contribution >= 4 is 0 Å². The lowest BCUT2D eigenvalue weighted by atomic mass is 10.1. The number of likely N-dealkylation sites (N-methyl/N-ethyl adjacent to an activating group) is 1. The second-order valence-corrected chi connectivity index (χ2v) is 5.27. The van der Waals surface area contributed by atoms with Gasteiger partial charge in [-0.2, -0.15) is 5.10 Å². The summed E-state index contributed by atoms with van der Waals surface area (Å²) < 4.78 is 7.22. The third-order valence-electron chi connectivity index (χ3n) is 3.06. The van der Waals surface area contributed by atoms with Crippen LogP contribution in [0.4, 0.5) is 0 Å². The number of benzene rings is 1. The zero-order valence-electron chi connectivity index (χ0n) is 12.5. The number of aryl methyl sites for hydroxylation is 1. The van der Waals surface area contributed by atoms with Crippen molar-refractivity contribution in [2.75, 3.05) is 20.6 Å². The van der Waals surface area contributed by atoms with E-state index in [2.05, 4.69) is 5.10 Å². The Morgan fingerprint density at radius 2 is 1.90 bits per heavy atom. The van der Waals surface area contributed by atoms with Crippen molar-refractivity contribution in [3.8, 4) is 0 Å². The Hall–Kier alpha value is -1.73. The van der Waals surface area contributed by atoms with Gasteiger partial charge in [-0.25, -0.2) is 0 Å². The first-order valence-corrected chi connectivity index (χ1v) is 6.69. The molecule has 114 valence electrons. The molecule has 0 saturated heterocycles. The van der Waals surface area contributed by atoms with Crippen LogP contribution in [-0.4, -0.2) is 51.5 Å². The van der Waals surface area contributed by atoms with Gasteiger partial charge in [0, 0.05) is 13.2 Å². The SMILES string of the molecule is CN(C)CC(O)(O)OC(c1ccccc1)c1ccnn1C. The van der Waals surface area contributed by atoms with Gasteiger partial charge >= 0.3 is 0 Å². The van der Waals surface area contributed by atoms with Crippen molar-refractivity contribution in [3.05, 3.63) is 53.9 Å². The molecule has 0 aliphatic carbocycles. The van der Waals surface area contributed by atoms with E-state index in [-0.39, 0.29) is 6.54 Å². The van der Waals surface area contributed by atoms with Crippen molar-refractivity contribution in [2.45, 2.75) is 12.1 Å². The molecular formula is C15H21N3O3. The van der Waals surface area contributed by atoms with E-state index in [1.807, 2.05) is 30.3 Å². The highest BCUT2D eigenvalue weighted by molar-refractivity contribution is 5.25. The van der Waals surface area contributed by atoms with Crippen LogP contribution in [0.2, 0.25) is 0 Å². The molecule has 21 heavy (non-hydrogen) atoms. The van der Waals surface area contributed by atoms with Crippen molar-refractivity contribution in [1.82, 2.24) is 14.7 Å². The van der Waals surface area contributed by atoms with Crippen LogP contribution >= 0.6 is 0 Å². The number of aromatic nitrogens is 2. The predicted octanol–water partition coefficient (Wildman–Crippen LogP) is 0.726. The van der Waals surface area contributed by atoms with Crippen LogP contribution in [0.1, 0.15) is 17.4 Å². The second-order valence-electron chi connectivity index (χ2n) is 5.27. The van der Waals surface area contributed by atoms with Gasteiger partial charge in [0.25, 0.3) is 5.97 Å². The maximum atomic E-state index is 10.1. The minimum absolute atomic E-state index is 0.0335. The Bertz CT molecular complexity index is 567. The largest absolute Gasteiger partial charge is 0.342 e. The molecule has 0 fully saturated rings. The van der Waals surface area contributed by atoms with Crippen LogP contribution in [0.15, 0.2) is 42.6 Å². The summed E-state index contributed by atoms with van der Waals surface area (Å²) >= 11 is 0. The first-order valence-electron chi connectivity index (χ1n) is 6.69. The lowest BCUT2D eigenvalue weighted by Crippen LogP contribution is -2.43. The molecule has 1 heterocycles. The van der Waals surface area contributed by atoms with Gasteiger partial charge < -0.3 is 19.8 Å². The summed E-state index contributed by atoms with van der Waals surface area (Å²) in [5, 5.41) is 24.3. The highest BCUT2D eigenvalue weighted by atomic mass is 16.8. The highest BCUT2D eigenvalue weighted by Gasteiger charge is 2.32. The van der Waals surface area contributed by atoms with E-state index >= 15 is 0 Å². The lowest BCUT2D eigenvalue weighted by molar-refractivity contribution is -0.354. The minimum Gasteiger partial charge on any atom is -0.342 e. The third-order valence-corrected chi connectivity index (χ3v) is 3.06. The van der Waals surface area contributed by atoms with Gasteiger partial charge in [-0.3, -0.25) is 4.68 Å². The minimum atomic E-state index is -2.26. The molecule has 0 aliphatic rings. The van der Waals surface area contributed by atoms with Crippen molar-refractivity contribution in [1.29, 1.82) is 0 Å². The van der Waals surface area contributed by atoms with Crippen molar-refractivity contribution in [3.63, 3.8) is 0 Å². The average molecular weight is 291 g/mol. The van der Waals surface area contributed by atoms with Crippen LogP contribution in [0, 0.1) is 0 Å². The van der Waals surface area contributed by atoms with E-state index in [1.54, 1.807) is 43.0 Å². The highest BCUT2D eigenvalue weighted by Crippen LogP contribution is 2.28. The standard InChI is InChI=1S/C15H21N3O3/c1-17(2)11-15(19,20)21-14(12-7-5-4-6-8-12)13-9-10-16-18(13)3/h4-10,14,19-20H,11H2,1-3H3. The number of rotatable bonds is 6. The Morgan fingerprint density at radius 3 is 2.43 bits per heavy atom. The van der Waals surface area contributed by atoms with Crippen LogP contribution in [0.5, 0.6) is 0 Å². The van der Waals surface area contributed by atoms with Crippen LogP contribution in [-0.2, 0) is 11.8 Å². The number of hydrogen-bond donors (Lipinski definition) is 2. The third kappa shape index (κ3) is 4.12. The van der Waals surface area contributed by atoms with Crippen molar-refractivity contribution < 1.29 is 14.9 Å². The maximum Gasteiger partial charge on any atom is 0.292 e. The molecule has 0 spiro atoms. The van der Waals surface area contributed by atoms with Gasteiger partial charge in [-0.15, -0.1) is 0 Å². The quantitative estimate of drug-likeness (QED) is 0.768. The molecule has 0 bridgehead atoms. The Balaban J connectivity index is 2.32. The number of nitrogens with zero attached hydrogens (tertiary/aromatic N) is 3. The monoisotopic (exact) mass is 291 g/mol. The first-order chi connectivity index (χ1) is 9.89. The smallest absolute Gasteiger partial charge is 0.292 e. The molecule has 1 aromatic heterocycles. The topological polar surface area (TPSA) is 70.8 Å². The van der Waals surface area contributed by atoms with Crippen LogP contribution < -0.4 is 0 Å². The average Bonchev–Trinajstić information content (AvgIpc) is 2.82. The van der Waals surface area contributed by atoms with Gasteiger partial charge in [0.2, 0.25) is 0 Å². The summed E-state index contributed by atoms with van der Waals surface area (Å²) in [6, 6.07) is 11.2. The summed E-state index contributed by atoms with van der Waals surface area (Å²) in [4.78, 5) is 1.64. The van der Waals surface area contributed by atoms with Gasteiger partial charge in [-0.1, -0.05) is 30.3 Å². The molecular weight excluding hydrogens is 270 g/mol. The molecule has 0 amide bonds. The molecule has 0 saturated carbocycles. The van der Waals surface area contributed by atoms with Crippen molar-refractivity contribution in [2.24, 2.45) is 7.05 Å². The van der Waals surface area contributed by atoms with E-state index in [4.69, 9.17) is 4.74 Å². The molecule has 1 aromatic carbocycles. The summed E-state index contributed by atoms with van der Waals surface area (Å²) in [6.07, 6.45) is 1.03. The van der Waals surface area contributed by atoms with Crippen LogP contribution in [0.3, 0.4) is 0 Å². The fourth-order valence-electron chi connectivity index (χ4n) is 2.21. The van der Waals surface area contributed by atoms with E-state index in [0.717, 1.165) is 11.3 Å². The molecule has 2 rings (SSSR count). The van der Waals surface area contributed by atoms with E-state index < -0.39 is 12.1 Å². The number of aliphatic hydroxyl groups is 2. The zero-order chi connectivity index (χ0) is 15.5. The van der Waals surface area contributed by atoms with Gasteiger partial charge in [0.05, 0.1) is 12.2 Å². The molecule has 1 unspecified atom stereocenters. The van der Waals surface area contributed by atoms with Crippen LogP contribution in [0.25, 0.3) is 0 Å². The zero-order valence-corrected chi connectivity index (χ0v) is 12.5. The normalized spacial score (nSPS) is 13.6. The molecule has 0 aliphatic heterocycles. The predicted molar refractivity (Wildman–Crippen MR) is 78.3 cm³/mol. The Labute approximate surface area is 124 Å². The fourth-order valence-corrected chi connectivity index (χ4v) is 2.21. The molecule has 6 heteroatoms. The fraction of sp³-hybridized carbons (Fsp3) is 0.400. The van der Waals surface area contributed by atoms with Gasteiger partial charge in [0.1, 0.15) is 6.10 Å². The second kappa shape index (κ2) is 6.36. The number of hydrogen-bond acceptors (Lipinski definition) is 5. The summed E-state index contributed by atoms with van der Waals surface area (Å²) in [7, 11) is 5.27. The van der Waals surface area contributed by atoms with Gasteiger partial charge in [-0.05, 0) is 25.7 Å². The summed E-state index contributed by atoms with van der Waals surface area (Å²) in [6.45, 7) is -0.0335. The van der Waals surface area contributed by atoms with E-state index in [1.165, 1.54) is 0 Å². The van der Waals surface area contributed by atoms with E-state index in [9.17, 15) is 10.2 Å². The molecule has 1 atom stereocenters. The summed E-state index contributed by atoms with van der Waals surface area (Å²) in [5.74, 6) is -2.26.